The van der Waals surface area contributed by atoms with Gasteiger partial charge < -0.3 is 10.5 Å². The summed E-state index contributed by atoms with van der Waals surface area (Å²) in [6.07, 6.45) is 0. The van der Waals surface area contributed by atoms with Gasteiger partial charge in [-0.3, -0.25) is 0 Å². The number of hydrogen-bond donors (Lipinski definition) is 1. The van der Waals surface area contributed by atoms with Crippen molar-refractivity contribution >= 4 is 11.3 Å². The van der Waals surface area contributed by atoms with Crippen molar-refractivity contribution in [2.75, 3.05) is 7.11 Å². The van der Waals surface area contributed by atoms with E-state index in [2.05, 4.69) is 0 Å². The molecule has 0 aliphatic carbocycles. The van der Waals surface area contributed by atoms with E-state index in [4.69, 9.17) is 10.5 Å². The first kappa shape index (κ1) is 11.1. The van der Waals surface area contributed by atoms with Gasteiger partial charge in [0.25, 0.3) is 0 Å². The largest absolute Gasteiger partial charge is 0.496 e. The van der Waals surface area contributed by atoms with Crippen molar-refractivity contribution in [3.63, 3.8) is 0 Å². The normalized spacial score (nSPS) is 12.4. The minimum Gasteiger partial charge on any atom is -0.496 e. The molecule has 2 N–H and O–H groups in total. The smallest absolute Gasteiger partial charge is 0.134 e. The maximum Gasteiger partial charge on any atom is 0.134 e. The van der Waals surface area contributed by atoms with E-state index in [0.29, 0.717) is 11.3 Å². The molecule has 1 unspecified atom stereocenters. The minimum atomic E-state index is -0.476. The van der Waals surface area contributed by atoms with E-state index >= 15 is 0 Å². The molecule has 0 spiro atoms. The molecule has 1 atom stereocenters. The van der Waals surface area contributed by atoms with E-state index in [1.807, 2.05) is 11.4 Å². The third kappa shape index (κ3) is 1.94. The van der Waals surface area contributed by atoms with Gasteiger partial charge in [-0.25, -0.2) is 4.39 Å². The standard InChI is InChI=1S/C12H12FNOS/c1-15-10-6-7-16-12(10)11(14)8-4-2-3-5-9(8)13/h2-7,11H,14H2,1H3. The number of benzene rings is 1. The summed E-state index contributed by atoms with van der Waals surface area (Å²) in [5, 5.41) is 1.88. The average molecular weight is 237 g/mol. The summed E-state index contributed by atoms with van der Waals surface area (Å²) in [4.78, 5) is 0.840. The third-order valence-corrected chi connectivity index (χ3v) is 3.38. The summed E-state index contributed by atoms with van der Waals surface area (Å²) >= 11 is 1.47. The highest BCUT2D eigenvalue weighted by Gasteiger charge is 2.18. The van der Waals surface area contributed by atoms with Crippen LogP contribution in [-0.4, -0.2) is 7.11 Å². The van der Waals surface area contributed by atoms with Crippen LogP contribution >= 0.6 is 11.3 Å². The quantitative estimate of drug-likeness (QED) is 0.890. The lowest BCUT2D eigenvalue weighted by Crippen LogP contribution is -2.12. The van der Waals surface area contributed by atoms with Crippen LogP contribution < -0.4 is 10.5 Å². The molecule has 0 aliphatic rings. The van der Waals surface area contributed by atoms with Crippen LogP contribution in [0.5, 0.6) is 5.75 Å². The zero-order valence-corrected chi connectivity index (χ0v) is 9.63. The number of hydrogen-bond acceptors (Lipinski definition) is 3. The fourth-order valence-corrected chi connectivity index (χ4v) is 2.45. The zero-order chi connectivity index (χ0) is 11.5. The van der Waals surface area contributed by atoms with Crippen LogP contribution in [0.1, 0.15) is 16.5 Å². The summed E-state index contributed by atoms with van der Waals surface area (Å²) < 4.78 is 18.7. The van der Waals surface area contributed by atoms with Gasteiger partial charge in [-0.05, 0) is 17.5 Å². The Bertz CT molecular complexity index is 483. The SMILES string of the molecule is COc1ccsc1C(N)c1ccccc1F. The van der Waals surface area contributed by atoms with E-state index in [1.54, 1.807) is 25.3 Å². The van der Waals surface area contributed by atoms with E-state index < -0.39 is 6.04 Å². The van der Waals surface area contributed by atoms with Crippen molar-refractivity contribution in [2.45, 2.75) is 6.04 Å². The molecule has 1 aromatic carbocycles. The maximum absolute atomic E-state index is 13.6. The molecule has 2 aromatic rings. The Morgan fingerprint density at radius 3 is 2.75 bits per heavy atom. The Morgan fingerprint density at radius 2 is 2.06 bits per heavy atom. The molecule has 1 heterocycles. The summed E-state index contributed by atoms with van der Waals surface area (Å²) in [5.41, 5.74) is 6.52. The van der Waals surface area contributed by atoms with E-state index in [-0.39, 0.29) is 5.82 Å². The lowest BCUT2D eigenvalue weighted by molar-refractivity contribution is 0.410. The molecule has 0 saturated heterocycles. The molecule has 0 fully saturated rings. The van der Waals surface area contributed by atoms with Gasteiger partial charge >= 0.3 is 0 Å². The van der Waals surface area contributed by atoms with Gasteiger partial charge in [-0.2, -0.15) is 0 Å². The highest BCUT2D eigenvalue weighted by atomic mass is 32.1. The summed E-state index contributed by atoms with van der Waals surface area (Å²) in [7, 11) is 1.58. The van der Waals surface area contributed by atoms with Crippen molar-refractivity contribution < 1.29 is 9.13 Å². The van der Waals surface area contributed by atoms with Gasteiger partial charge in [-0.1, -0.05) is 18.2 Å². The number of thiophene rings is 1. The Hall–Kier alpha value is -1.39. The first-order valence-corrected chi connectivity index (χ1v) is 5.73. The molecule has 0 aliphatic heterocycles. The molecule has 0 amide bonds. The maximum atomic E-state index is 13.6. The Morgan fingerprint density at radius 1 is 1.31 bits per heavy atom. The van der Waals surface area contributed by atoms with Crippen LogP contribution in [0, 0.1) is 5.82 Å². The molecule has 16 heavy (non-hydrogen) atoms. The van der Waals surface area contributed by atoms with Gasteiger partial charge in [0.15, 0.2) is 0 Å². The Kier molecular flexibility index (Phi) is 3.22. The number of halogens is 1. The van der Waals surface area contributed by atoms with Crippen LogP contribution in [0.15, 0.2) is 35.7 Å². The Labute approximate surface area is 97.5 Å². The molecule has 1 aromatic heterocycles. The molecule has 2 rings (SSSR count). The molecular weight excluding hydrogens is 225 g/mol. The summed E-state index contributed by atoms with van der Waals surface area (Å²) in [5.74, 6) is 0.422. The topological polar surface area (TPSA) is 35.2 Å². The van der Waals surface area contributed by atoms with E-state index in [0.717, 1.165) is 4.88 Å². The molecule has 2 nitrogen and oxygen atoms in total. The predicted molar refractivity (Wildman–Crippen MR) is 63.3 cm³/mol. The monoisotopic (exact) mass is 237 g/mol. The number of rotatable bonds is 3. The van der Waals surface area contributed by atoms with E-state index in [1.165, 1.54) is 17.4 Å². The molecule has 0 saturated carbocycles. The van der Waals surface area contributed by atoms with Crippen LogP contribution in [0.4, 0.5) is 4.39 Å². The number of ether oxygens (including phenoxy) is 1. The van der Waals surface area contributed by atoms with Crippen LogP contribution in [0.25, 0.3) is 0 Å². The second-order valence-electron chi connectivity index (χ2n) is 3.35. The van der Waals surface area contributed by atoms with Gasteiger partial charge in [0, 0.05) is 5.56 Å². The molecule has 84 valence electrons. The van der Waals surface area contributed by atoms with Gasteiger partial charge in [0.1, 0.15) is 11.6 Å². The highest BCUT2D eigenvalue weighted by molar-refractivity contribution is 7.10. The molecule has 0 radical (unpaired) electrons. The molecule has 4 heteroatoms. The summed E-state index contributed by atoms with van der Waals surface area (Å²) in [6, 6.07) is 7.89. The number of nitrogens with two attached hydrogens (primary N) is 1. The minimum absolute atomic E-state index is 0.287. The second kappa shape index (κ2) is 4.63. The number of methoxy groups -OCH3 is 1. The van der Waals surface area contributed by atoms with Gasteiger partial charge in [-0.15, -0.1) is 11.3 Å². The van der Waals surface area contributed by atoms with Crippen LogP contribution in [-0.2, 0) is 0 Å². The van der Waals surface area contributed by atoms with Crippen molar-refractivity contribution in [1.82, 2.24) is 0 Å². The molecule has 0 bridgehead atoms. The van der Waals surface area contributed by atoms with Crippen LogP contribution in [0.2, 0.25) is 0 Å². The first-order chi connectivity index (χ1) is 7.74. The van der Waals surface area contributed by atoms with Crippen molar-refractivity contribution in [1.29, 1.82) is 0 Å². The van der Waals surface area contributed by atoms with E-state index in [9.17, 15) is 4.39 Å². The van der Waals surface area contributed by atoms with Crippen molar-refractivity contribution in [3.8, 4) is 5.75 Å². The Balaban J connectivity index is 2.39. The fourth-order valence-electron chi connectivity index (χ4n) is 1.57. The third-order valence-electron chi connectivity index (χ3n) is 2.40. The zero-order valence-electron chi connectivity index (χ0n) is 8.81. The average Bonchev–Trinajstić information content (AvgIpc) is 2.77. The van der Waals surface area contributed by atoms with Crippen LogP contribution in [0.3, 0.4) is 0 Å². The predicted octanol–water partition coefficient (Wildman–Crippen LogP) is 2.94. The fraction of sp³-hybridized carbons (Fsp3) is 0.167. The van der Waals surface area contributed by atoms with Gasteiger partial charge in [0.05, 0.1) is 18.0 Å². The second-order valence-corrected chi connectivity index (χ2v) is 4.30. The van der Waals surface area contributed by atoms with Gasteiger partial charge in [0.2, 0.25) is 0 Å². The van der Waals surface area contributed by atoms with Crippen molar-refractivity contribution in [3.05, 3.63) is 52.0 Å². The van der Waals surface area contributed by atoms with Crippen molar-refractivity contribution in [2.24, 2.45) is 5.73 Å². The molecular formula is C12H12FNOS. The lowest BCUT2D eigenvalue weighted by Gasteiger charge is -2.12. The highest BCUT2D eigenvalue weighted by Crippen LogP contribution is 2.33. The first-order valence-electron chi connectivity index (χ1n) is 4.85. The summed E-state index contributed by atoms with van der Waals surface area (Å²) in [6.45, 7) is 0. The lowest BCUT2D eigenvalue weighted by atomic mass is 10.1.